The van der Waals surface area contributed by atoms with Gasteiger partial charge < -0.3 is 19.9 Å². The molecule has 3 N–H and O–H groups in total. The molecule has 27 heavy (non-hydrogen) atoms. The maximum absolute atomic E-state index is 12.6. The largest absolute Gasteiger partial charge is 0.495 e. The predicted octanol–water partition coefficient (Wildman–Crippen LogP) is 0.659. The molecule has 0 aliphatic carbocycles. The first-order valence-electron chi connectivity index (χ1n) is 9.43. The van der Waals surface area contributed by atoms with Gasteiger partial charge in [-0.2, -0.15) is 0 Å². The van der Waals surface area contributed by atoms with Crippen molar-refractivity contribution in [3.05, 3.63) is 59.1 Å². The third kappa shape index (κ3) is 5.22. The zero-order chi connectivity index (χ0) is 19.2. The summed E-state index contributed by atoms with van der Waals surface area (Å²) in [5, 5.41) is 3.47. The second-order valence-corrected chi connectivity index (χ2v) is 7.54. The number of ether oxygens (including phenoxy) is 1. The molecule has 1 heterocycles. The molecule has 3 rings (SSSR count). The molecule has 0 unspecified atom stereocenters. The molecule has 5 nitrogen and oxygen atoms in total. The number of anilines is 1. The van der Waals surface area contributed by atoms with Gasteiger partial charge in [0.15, 0.2) is 6.04 Å². The van der Waals surface area contributed by atoms with Crippen molar-refractivity contribution in [2.45, 2.75) is 19.5 Å². The van der Waals surface area contributed by atoms with Crippen LogP contribution < -0.4 is 19.9 Å². The Morgan fingerprint density at radius 2 is 1.85 bits per heavy atom. The molecule has 1 aliphatic heterocycles. The molecule has 144 valence electrons. The highest BCUT2D eigenvalue weighted by atomic mass is 35.5. The Morgan fingerprint density at radius 3 is 2.48 bits per heavy atom. The van der Waals surface area contributed by atoms with Crippen LogP contribution in [0.15, 0.2) is 48.5 Å². The number of carbonyl (C=O) groups is 1. The summed E-state index contributed by atoms with van der Waals surface area (Å²) in [5.41, 5.74) is 2.07. The molecule has 2 aromatic carbocycles. The van der Waals surface area contributed by atoms with Crippen LogP contribution in [0.4, 0.5) is 5.69 Å². The summed E-state index contributed by atoms with van der Waals surface area (Å²) in [6.45, 7) is 7.21. The Kier molecular flexibility index (Phi) is 6.72. The second kappa shape index (κ2) is 9.22. The van der Waals surface area contributed by atoms with Crippen LogP contribution in [-0.2, 0) is 11.3 Å². The molecule has 1 atom stereocenters. The lowest BCUT2D eigenvalue weighted by molar-refractivity contribution is -1.02. The lowest BCUT2D eigenvalue weighted by Crippen LogP contribution is -3.29. The van der Waals surface area contributed by atoms with Crippen LogP contribution in [-0.4, -0.2) is 45.2 Å². The minimum absolute atomic E-state index is 0.0257. The molecular weight excluding hydrogens is 362 g/mol. The number of methoxy groups -OCH3 is 1. The molecule has 0 aromatic heterocycles. The molecule has 0 saturated carbocycles. The summed E-state index contributed by atoms with van der Waals surface area (Å²) >= 11 is 6.14. The number of halogens is 1. The van der Waals surface area contributed by atoms with Crippen molar-refractivity contribution < 1.29 is 19.3 Å². The van der Waals surface area contributed by atoms with Crippen molar-refractivity contribution in [1.29, 1.82) is 0 Å². The van der Waals surface area contributed by atoms with Gasteiger partial charge in [0.1, 0.15) is 38.5 Å². The van der Waals surface area contributed by atoms with Crippen LogP contribution in [0, 0.1) is 0 Å². The van der Waals surface area contributed by atoms with Crippen molar-refractivity contribution in [1.82, 2.24) is 0 Å². The van der Waals surface area contributed by atoms with Crippen LogP contribution in [0.3, 0.4) is 0 Å². The van der Waals surface area contributed by atoms with Crippen LogP contribution in [0.25, 0.3) is 0 Å². The van der Waals surface area contributed by atoms with Crippen LogP contribution >= 0.6 is 11.6 Å². The van der Waals surface area contributed by atoms with Gasteiger partial charge in [-0.25, -0.2) is 0 Å². The number of nitrogens with one attached hydrogen (secondary N) is 3. The zero-order valence-electron chi connectivity index (χ0n) is 15.9. The van der Waals surface area contributed by atoms with E-state index in [1.54, 1.807) is 24.1 Å². The summed E-state index contributed by atoms with van der Waals surface area (Å²) in [6, 6.07) is 15.8. The Hall–Kier alpha value is -2.08. The van der Waals surface area contributed by atoms with Crippen molar-refractivity contribution in [2.75, 3.05) is 38.6 Å². The highest BCUT2D eigenvalue weighted by Crippen LogP contribution is 2.27. The van der Waals surface area contributed by atoms with E-state index in [1.165, 1.54) is 10.5 Å². The molecular formula is C21H28ClN3O2+2. The Bertz CT molecular complexity index is 761. The van der Waals surface area contributed by atoms with Gasteiger partial charge in [0.05, 0.1) is 12.1 Å². The van der Waals surface area contributed by atoms with Crippen LogP contribution in [0.1, 0.15) is 12.5 Å². The fourth-order valence-corrected chi connectivity index (χ4v) is 3.86. The number of amides is 1. The van der Waals surface area contributed by atoms with Gasteiger partial charge >= 0.3 is 0 Å². The first-order valence-corrected chi connectivity index (χ1v) is 9.81. The van der Waals surface area contributed by atoms with Crippen molar-refractivity contribution in [3.8, 4) is 5.75 Å². The number of hydrogen-bond acceptors (Lipinski definition) is 2. The standard InChI is InChI=1S/C21H26ClN3O2/c1-16(21(26)23-18-8-9-20(27-2)19(22)14-18)25-12-10-24(11-13-25)15-17-6-4-3-5-7-17/h3-9,14,16H,10-13,15H2,1-2H3,(H,23,26)/p+2/t16-/m1/s1. The van der Waals surface area contributed by atoms with E-state index in [4.69, 9.17) is 16.3 Å². The molecule has 1 saturated heterocycles. The summed E-state index contributed by atoms with van der Waals surface area (Å²) < 4.78 is 5.15. The molecule has 1 amide bonds. The Balaban J connectivity index is 1.50. The summed E-state index contributed by atoms with van der Waals surface area (Å²) in [4.78, 5) is 15.6. The number of hydrogen-bond donors (Lipinski definition) is 3. The topological polar surface area (TPSA) is 47.2 Å². The normalized spacial score (nSPS) is 20.7. The fraction of sp³-hybridized carbons (Fsp3) is 0.381. The van der Waals surface area contributed by atoms with Crippen molar-refractivity contribution >= 4 is 23.2 Å². The monoisotopic (exact) mass is 389 g/mol. The van der Waals surface area contributed by atoms with E-state index in [-0.39, 0.29) is 11.9 Å². The fourth-order valence-electron chi connectivity index (χ4n) is 3.60. The number of rotatable bonds is 6. The molecule has 2 aromatic rings. The van der Waals surface area contributed by atoms with Gasteiger partial charge in [-0.15, -0.1) is 0 Å². The maximum atomic E-state index is 12.6. The number of quaternary nitrogens is 2. The van der Waals surface area contributed by atoms with Crippen molar-refractivity contribution in [2.24, 2.45) is 0 Å². The van der Waals surface area contributed by atoms with Crippen molar-refractivity contribution in [3.63, 3.8) is 0 Å². The molecule has 0 spiro atoms. The molecule has 0 bridgehead atoms. The van der Waals surface area contributed by atoms with Gasteiger partial charge in [-0.1, -0.05) is 41.9 Å². The third-order valence-corrected chi connectivity index (χ3v) is 5.62. The quantitative estimate of drug-likeness (QED) is 0.679. The Morgan fingerprint density at radius 1 is 1.15 bits per heavy atom. The summed E-state index contributed by atoms with van der Waals surface area (Å²) in [6.07, 6.45) is 0. The van der Waals surface area contributed by atoms with Gasteiger partial charge in [0, 0.05) is 11.3 Å². The van der Waals surface area contributed by atoms with Gasteiger partial charge in [0.25, 0.3) is 5.91 Å². The number of benzene rings is 2. The molecule has 0 radical (unpaired) electrons. The first-order chi connectivity index (χ1) is 13.1. The lowest BCUT2D eigenvalue weighted by atomic mass is 10.1. The molecule has 1 fully saturated rings. The van der Waals surface area contributed by atoms with Crippen LogP contribution in [0.5, 0.6) is 5.75 Å². The van der Waals surface area contributed by atoms with E-state index in [1.807, 2.05) is 13.0 Å². The summed E-state index contributed by atoms with van der Waals surface area (Å²) in [5.74, 6) is 0.628. The lowest BCUT2D eigenvalue weighted by Gasteiger charge is -2.32. The van der Waals surface area contributed by atoms with E-state index in [2.05, 4.69) is 35.6 Å². The minimum Gasteiger partial charge on any atom is -0.495 e. The minimum atomic E-state index is -0.0934. The molecule has 1 aliphatic rings. The van der Waals surface area contributed by atoms with E-state index < -0.39 is 0 Å². The van der Waals surface area contributed by atoms with E-state index in [0.29, 0.717) is 16.5 Å². The van der Waals surface area contributed by atoms with Crippen LogP contribution in [0.2, 0.25) is 5.02 Å². The van der Waals surface area contributed by atoms with Gasteiger partial charge in [-0.05, 0) is 25.1 Å². The smallest absolute Gasteiger partial charge is 0.282 e. The maximum Gasteiger partial charge on any atom is 0.282 e. The van der Waals surface area contributed by atoms with E-state index in [9.17, 15) is 4.79 Å². The summed E-state index contributed by atoms with van der Waals surface area (Å²) in [7, 11) is 1.57. The number of piperazine rings is 1. The van der Waals surface area contributed by atoms with E-state index in [0.717, 1.165) is 32.7 Å². The highest BCUT2D eigenvalue weighted by molar-refractivity contribution is 6.32. The predicted molar refractivity (Wildman–Crippen MR) is 108 cm³/mol. The second-order valence-electron chi connectivity index (χ2n) is 7.13. The average Bonchev–Trinajstić information content (AvgIpc) is 2.69. The van der Waals surface area contributed by atoms with Gasteiger partial charge in [-0.3, -0.25) is 4.79 Å². The zero-order valence-corrected chi connectivity index (χ0v) is 16.7. The van der Waals surface area contributed by atoms with E-state index >= 15 is 0 Å². The highest BCUT2D eigenvalue weighted by Gasteiger charge is 2.31. The van der Waals surface area contributed by atoms with Gasteiger partial charge in [0.2, 0.25) is 0 Å². The SMILES string of the molecule is COc1ccc(NC(=O)[C@@H](C)[NH+]2CC[NH+](Cc3ccccc3)CC2)cc1Cl. The average molecular weight is 390 g/mol. The number of carbonyl (C=O) groups excluding carboxylic acids is 1. The Labute approximate surface area is 165 Å². The molecule has 6 heteroatoms. The first kappa shape index (κ1) is 19.7. The third-order valence-electron chi connectivity index (χ3n) is 5.32.